The van der Waals surface area contributed by atoms with Gasteiger partial charge in [0.25, 0.3) is 0 Å². The first kappa shape index (κ1) is 13.8. The molecule has 0 saturated carbocycles. The Morgan fingerprint density at radius 1 is 1.14 bits per heavy atom. The van der Waals surface area contributed by atoms with Crippen molar-refractivity contribution in [2.24, 2.45) is 0 Å². The van der Waals surface area contributed by atoms with Crippen molar-refractivity contribution in [3.63, 3.8) is 0 Å². The standard InChI is InChI=1S/C15H12F2N2OS/c16-15(17)20-11-4-1-9(2-5-11)7-14-19-12-6-3-10(18)8-13(12)21-14/h1-6,8,15H,7,18H2. The summed E-state index contributed by atoms with van der Waals surface area (Å²) in [6, 6.07) is 12.2. The first-order valence-electron chi connectivity index (χ1n) is 6.29. The van der Waals surface area contributed by atoms with Crippen LogP contribution in [0.2, 0.25) is 0 Å². The van der Waals surface area contributed by atoms with Crippen LogP contribution in [-0.2, 0) is 6.42 Å². The van der Waals surface area contributed by atoms with Crippen LogP contribution >= 0.6 is 11.3 Å². The largest absolute Gasteiger partial charge is 0.435 e. The topological polar surface area (TPSA) is 48.1 Å². The summed E-state index contributed by atoms with van der Waals surface area (Å²) in [4.78, 5) is 4.53. The lowest BCUT2D eigenvalue weighted by Crippen LogP contribution is -2.01. The van der Waals surface area contributed by atoms with Gasteiger partial charge in [0.2, 0.25) is 0 Å². The van der Waals surface area contributed by atoms with Gasteiger partial charge in [0.1, 0.15) is 5.75 Å². The van der Waals surface area contributed by atoms with Crippen molar-refractivity contribution in [1.82, 2.24) is 4.98 Å². The van der Waals surface area contributed by atoms with Gasteiger partial charge in [0.05, 0.1) is 15.2 Å². The number of halogens is 2. The number of hydrogen-bond donors (Lipinski definition) is 1. The lowest BCUT2D eigenvalue weighted by Gasteiger charge is -2.04. The average Bonchev–Trinajstić information content (AvgIpc) is 2.82. The molecule has 0 atom stereocenters. The molecule has 0 unspecified atom stereocenters. The third kappa shape index (κ3) is 3.28. The minimum Gasteiger partial charge on any atom is -0.435 e. The Balaban J connectivity index is 1.78. The summed E-state index contributed by atoms with van der Waals surface area (Å²) in [5.41, 5.74) is 8.37. The summed E-state index contributed by atoms with van der Waals surface area (Å²) in [5.74, 6) is 0.158. The Labute approximate surface area is 124 Å². The Morgan fingerprint density at radius 2 is 1.90 bits per heavy atom. The minimum absolute atomic E-state index is 0.158. The SMILES string of the molecule is Nc1ccc2nc(Cc3ccc(OC(F)F)cc3)sc2c1. The van der Waals surface area contributed by atoms with E-state index in [2.05, 4.69) is 9.72 Å². The van der Waals surface area contributed by atoms with Crippen molar-refractivity contribution in [2.45, 2.75) is 13.0 Å². The summed E-state index contributed by atoms with van der Waals surface area (Å²) in [6.45, 7) is -2.80. The normalized spacial score (nSPS) is 11.2. The zero-order valence-electron chi connectivity index (χ0n) is 10.9. The fourth-order valence-electron chi connectivity index (χ4n) is 2.03. The number of nitrogens with two attached hydrogens (primary N) is 1. The molecule has 1 aromatic heterocycles. The molecule has 6 heteroatoms. The molecule has 108 valence electrons. The molecule has 0 radical (unpaired) electrons. The Kier molecular flexibility index (Phi) is 3.70. The van der Waals surface area contributed by atoms with Crippen LogP contribution in [0.5, 0.6) is 5.75 Å². The van der Waals surface area contributed by atoms with Gasteiger partial charge in [-0.1, -0.05) is 12.1 Å². The molecule has 0 spiro atoms. The second-order valence-electron chi connectivity index (χ2n) is 4.53. The molecule has 3 nitrogen and oxygen atoms in total. The smallest absolute Gasteiger partial charge is 0.387 e. The fraction of sp³-hybridized carbons (Fsp3) is 0.133. The van der Waals surface area contributed by atoms with Crippen LogP contribution in [-0.4, -0.2) is 11.6 Å². The van der Waals surface area contributed by atoms with Crippen LogP contribution < -0.4 is 10.5 Å². The molecule has 0 aliphatic heterocycles. The molecule has 2 N–H and O–H groups in total. The van der Waals surface area contributed by atoms with E-state index in [1.165, 1.54) is 12.1 Å². The highest BCUT2D eigenvalue weighted by atomic mass is 32.1. The van der Waals surface area contributed by atoms with Crippen molar-refractivity contribution in [3.8, 4) is 5.75 Å². The molecule has 0 aliphatic carbocycles. The molecule has 3 rings (SSSR count). The van der Waals surface area contributed by atoms with Crippen molar-refractivity contribution in [3.05, 3.63) is 53.0 Å². The quantitative estimate of drug-likeness (QED) is 0.739. The predicted octanol–water partition coefficient (Wildman–Crippen LogP) is 4.07. The number of fused-ring (bicyclic) bond motifs is 1. The maximum absolute atomic E-state index is 12.1. The van der Waals surface area contributed by atoms with Gasteiger partial charge in [0, 0.05) is 12.1 Å². The van der Waals surface area contributed by atoms with Crippen molar-refractivity contribution in [1.29, 1.82) is 0 Å². The number of aromatic nitrogens is 1. The molecule has 0 saturated heterocycles. The summed E-state index contributed by atoms with van der Waals surface area (Å²) < 4.78 is 29.5. The Bertz CT molecular complexity index is 756. The van der Waals surface area contributed by atoms with Gasteiger partial charge in [-0.3, -0.25) is 0 Å². The van der Waals surface area contributed by atoms with Gasteiger partial charge in [-0.15, -0.1) is 11.3 Å². The molecule has 3 aromatic rings. The van der Waals surface area contributed by atoms with E-state index in [-0.39, 0.29) is 5.75 Å². The van der Waals surface area contributed by atoms with Crippen molar-refractivity contribution in [2.75, 3.05) is 5.73 Å². The molecule has 0 bridgehead atoms. The number of benzene rings is 2. The second kappa shape index (κ2) is 5.65. The van der Waals surface area contributed by atoms with Gasteiger partial charge < -0.3 is 10.5 Å². The molecular weight excluding hydrogens is 294 g/mol. The van der Waals surface area contributed by atoms with Crippen LogP contribution in [0.25, 0.3) is 10.2 Å². The highest BCUT2D eigenvalue weighted by molar-refractivity contribution is 7.18. The summed E-state index contributed by atoms with van der Waals surface area (Å²) in [7, 11) is 0. The van der Waals surface area contributed by atoms with E-state index >= 15 is 0 Å². The van der Waals surface area contributed by atoms with E-state index in [0.29, 0.717) is 12.1 Å². The van der Waals surface area contributed by atoms with Gasteiger partial charge in [-0.05, 0) is 35.9 Å². The minimum atomic E-state index is -2.80. The summed E-state index contributed by atoms with van der Waals surface area (Å²) >= 11 is 1.58. The van der Waals surface area contributed by atoms with Gasteiger partial charge >= 0.3 is 6.61 Å². The van der Waals surface area contributed by atoms with Crippen molar-refractivity contribution < 1.29 is 13.5 Å². The number of rotatable bonds is 4. The first-order chi connectivity index (χ1) is 10.1. The van der Waals surface area contributed by atoms with E-state index < -0.39 is 6.61 Å². The molecule has 2 aromatic carbocycles. The van der Waals surface area contributed by atoms with E-state index in [1.54, 1.807) is 23.5 Å². The predicted molar refractivity (Wildman–Crippen MR) is 79.9 cm³/mol. The number of anilines is 1. The van der Waals surface area contributed by atoms with Crippen LogP contribution in [0.1, 0.15) is 10.6 Å². The fourth-order valence-corrected chi connectivity index (χ4v) is 3.08. The summed E-state index contributed by atoms with van der Waals surface area (Å²) in [5, 5.41) is 0.957. The number of hydrogen-bond acceptors (Lipinski definition) is 4. The summed E-state index contributed by atoms with van der Waals surface area (Å²) in [6.07, 6.45) is 0.647. The maximum Gasteiger partial charge on any atom is 0.387 e. The molecule has 21 heavy (non-hydrogen) atoms. The van der Waals surface area contributed by atoms with Gasteiger partial charge in [-0.2, -0.15) is 8.78 Å². The molecular formula is C15H12F2N2OS. The van der Waals surface area contributed by atoms with E-state index in [0.717, 1.165) is 20.8 Å². The number of ether oxygens (including phenoxy) is 1. The highest BCUT2D eigenvalue weighted by Crippen LogP contribution is 2.26. The number of nitrogens with zero attached hydrogens (tertiary/aromatic N) is 1. The zero-order chi connectivity index (χ0) is 14.8. The van der Waals surface area contributed by atoms with Crippen LogP contribution in [0.15, 0.2) is 42.5 Å². The average molecular weight is 306 g/mol. The van der Waals surface area contributed by atoms with Crippen LogP contribution in [0.4, 0.5) is 14.5 Å². The molecule has 0 amide bonds. The number of thiazole rings is 1. The van der Waals surface area contributed by atoms with Crippen LogP contribution in [0, 0.1) is 0 Å². The van der Waals surface area contributed by atoms with Crippen molar-refractivity contribution >= 4 is 27.2 Å². The third-order valence-electron chi connectivity index (χ3n) is 2.96. The first-order valence-corrected chi connectivity index (χ1v) is 7.10. The lowest BCUT2D eigenvalue weighted by atomic mass is 10.1. The molecule has 0 fully saturated rings. The Hall–Kier alpha value is -2.21. The van der Waals surface area contributed by atoms with Gasteiger partial charge in [0.15, 0.2) is 0 Å². The zero-order valence-corrected chi connectivity index (χ0v) is 11.7. The lowest BCUT2D eigenvalue weighted by molar-refractivity contribution is -0.0498. The number of nitrogen functional groups attached to an aromatic ring is 1. The second-order valence-corrected chi connectivity index (χ2v) is 5.65. The molecule has 0 aliphatic rings. The van der Waals surface area contributed by atoms with Gasteiger partial charge in [-0.25, -0.2) is 4.98 Å². The van der Waals surface area contributed by atoms with E-state index in [9.17, 15) is 8.78 Å². The third-order valence-corrected chi connectivity index (χ3v) is 3.98. The highest BCUT2D eigenvalue weighted by Gasteiger charge is 2.07. The van der Waals surface area contributed by atoms with Crippen LogP contribution in [0.3, 0.4) is 0 Å². The maximum atomic E-state index is 12.1. The van der Waals surface area contributed by atoms with E-state index in [4.69, 9.17) is 5.73 Å². The van der Waals surface area contributed by atoms with E-state index in [1.807, 2.05) is 18.2 Å². The molecule has 1 heterocycles. The monoisotopic (exact) mass is 306 g/mol. The number of alkyl halides is 2. The Morgan fingerprint density at radius 3 is 2.62 bits per heavy atom.